The second-order valence-corrected chi connectivity index (χ2v) is 16.3. The molecule has 0 saturated heterocycles. The number of rotatable bonds is 19. The van der Waals surface area contributed by atoms with Gasteiger partial charge in [0.05, 0.1) is 22.6 Å². The maximum atomic E-state index is 14.3. The van der Waals surface area contributed by atoms with E-state index < -0.39 is 17.6 Å². The van der Waals surface area contributed by atoms with Crippen LogP contribution in [0.2, 0.25) is 10.0 Å². The number of halogens is 4. The van der Waals surface area contributed by atoms with E-state index in [1.807, 2.05) is 70.0 Å². The van der Waals surface area contributed by atoms with Crippen molar-refractivity contribution in [3.05, 3.63) is 134 Å². The first-order chi connectivity index (χ1) is 28.8. The van der Waals surface area contributed by atoms with Crippen LogP contribution in [0.1, 0.15) is 108 Å². The lowest BCUT2D eigenvalue weighted by atomic mass is 9.98. The monoisotopic (exact) mass is 883 g/mol. The average molecular weight is 885 g/mol. The number of nitrogens with zero attached hydrogens (tertiary/aromatic N) is 3. The minimum absolute atomic E-state index is 0.00922. The number of carboxylic acids is 1. The Labute approximate surface area is 369 Å². The van der Waals surface area contributed by atoms with Crippen molar-refractivity contribution in [2.24, 2.45) is 5.73 Å². The molecule has 61 heavy (non-hydrogen) atoms. The van der Waals surface area contributed by atoms with Gasteiger partial charge >= 0.3 is 5.97 Å². The smallest absolute Gasteiger partial charge is 0.303 e. The van der Waals surface area contributed by atoms with Crippen LogP contribution in [0.25, 0.3) is 0 Å². The predicted octanol–water partition coefficient (Wildman–Crippen LogP) is 9.02. The molecule has 0 aliphatic rings. The number of carboxylic acid groups (broad SMARTS) is 1. The van der Waals surface area contributed by atoms with Crippen molar-refractivity contribution in [2.45, 2.75) is 90.1 Å². The molecule has 4 N–H and O–H groups in total. The van der Waals surface area contributed by atoms with Gasteiger partial charge in [-0.2, -0.15) is 0 Å². The molecule has 332 valence electrons. The summed E-state index contributed by atoms with van der Waals surface area (Å²) in [5.74, 6) is -2.14. The predicted molar refractivity (Wildman–Crippen MR) is 241 cm³/mol. The van der Waals surface area contributed by atoms with E-state index in [0.29, 0.717) is 48.8 Å². The number of aromatic nitrogens is 1. The van der Waals surface area contributed by atoms with Crippen LogP contribution in [0.15, 0.2) is 79.0 Å². The molecule has 4 atom stereocenters. The van der Waals surface area contributed by atoms with Crippen molar-refractivity contribution in [3.8, 4) is 0 Å². The van der Waals surface area contributed by atoms with Gasteiger partial charge < -0.3 is 26.0 Å². The van der Waals surface area contributed by atoms with E-state index in [-0.39, 0.29) is 65.4 Å². The SMILES string of the molecule is CCC(=O)c1ccc(C[C@@H](CN)N(C)C)cc1F.CCC(=O)c1ccc(C[C@@H](CNC(=O)C[C@@H](C)c2ccc(Cl)cn2)N(C)C)cc1F.C[C@H](CC(=O)O)c1ccc(Cl)cc1. The molecule has 0 aliphatic carbocycles. The maximum Gasteiger partial charge on any atom is 0.303 e. The Balaban J connectivity index is 0.000000349. The van der Waals surface area contributed by atoms with E-state index in [1.54, 1.807) is 62.5 Å². The van der Waals surface area contributed by atoms with E-state index in [0.717, 1.165) is 22.4 Å². The van der Waals surface area contributed by atoms with Gasteiger partial charge in [-0.3, -0.25) is 24.2 Å². The summed E-state index contributed by atoms with van der Waals surface area (Å²) in [7, 11) is 7.73. The van der Waals surface area contributed by atoms with Crippen LogP contribution in [0.3, 0.4) is 0 Å². The minimum Gasteiger partial charge on any atom is -0.481 e. The maximum absolute atomic E-state index is 14.3. The van der Waals surface area contributed by atoms with E-state index in [9.17, 15) is 28.0 Å². The van der Waals surface area contributed by atoms with Crippen LogP contribution in [-0.4, -0.2) is 96.7 Å². The van der Waals surface area contributed by atoms with Gasteiger partial charge in [-0.1, -0.05) is 75.2 Å². The van der Waals surface area contributed by atoms with Crippen molar-refractivity contribution in [2.75, 3.05) is 41.3 Å². The first-order valence-corrected chi connectivity index (χ1v) is 21.1. The Morgan fingerprint density at radius 1 is 0.721 bits per heavy atom. The standard InChI is InChI=1S/C23H29ClFN3O2.C14H21FN2O.C10H11ClO2/c1-5-22(29)19-8-6-16(12-20(19)25)11-18(28(3)4)14-27-23(30)10-15(2)21-9-7-17(24)13-26-21;1-4-14(18)12-6-5-10(8-13(12)15)7-11(9-16)17(2)3;1-7(6-10(12)13)8-2-4-9(11)5-3-8/h6-9,12-13,15,18H,5,10-11,14H2,1-4H3,(H,27,30);5-6,8,11H,4,7,9,16H2,1-3H3;2-5,7H,6H2,1H3,(H,12,13)/t15-,18+;11-;7-/m101/s1. The zero-order valence-electron chi connectivity index (χ0n) is 36.5. The second kappa shape index (κ2) is 26.7. The zero-order valence-corrected chi connectivity index (χ0v) is 38.0. The number of likely N-dealkylation sites (N-methyl/N-ethyl adjacent to an activating group) is 2. The van der Waals surface area contributed by atoms with Crippen LogP contribution in [-0.2, 0) is 22.4 Å². The minimum atomic E-state index is -0.776. The lowest BCUT2D eigenvalue weighted by Crippen LogP contribution is -2.41. The highest BCUT2D eigenvalue weighted by Gasteiger charge is 2.19. The van der Waals surface area contributed by atoms with Crippen molar-refractivity contribution < 1.29 is 33.1 Å². The highest BCUT2D eigenvalue weighted by molar-refractivity contribution is 6.30. The number of hydrogen-bond donors (Lipinski definition) is 3. The van der Waals surface area contributed by atoms with Gasteiger partial charge in [-0.25, -0.2) is 8.78 Å². The number of benzene rings is 3. The molecule has 0 bridgehead atoms. The molecule has 1 amide bonds. The molecule has 3 aromatic carbocycles. The molecule has 10 nitrogen and oxygen atoms in total. The Hall–Kier alpha value is -4.59. The highest BCUT2D eigenvalue weighted by atomic mass is 35.5. The molecular formula is C47H61Cl2F2N5O5. The summed E-state index contributed by atoms with van der Waals surface area (Å²) in [4.78, 5) is 54.3. The normalized spacial score (nSPS) is 12.9. The van der Waals surface area contributed by atoms with Gasteiger partial charge in [0, 0.05) is 67.3 Å². The van der Waals surface area contributed by atoms with Crippen molar-refractivity contribution in [1.29, 1.82) is 0 Å². The quantitative estimate of drug-likeness (QED) is 0.0786. The second-order valence-electron chi connectivity index (χ2n) is 15.4. The van der Waals surface area contributed by atoms with Crippen molar-refractivity contribution in [1.82, 2.24) is 20.1 Å². The van der Waals surface area contributed by atoms with Crippen LogP contribution in [0.5, 0.6) is 0 Å². The number of nitrogens with two attached hydrogens (primary N) is 1. The summed E-state index contributed by atoms with van der Waals surface area (Å²) < 4.78 is 28.0. The third-order valence-corrected chi connectivity index (χ3v) is 10.7. The van der Waals surface area contributed by atoms with Gasteiger partial charge in [0.1, 0.15) is 11.6 Å². The third-order valence-electron chi connectivity index (χ3n) is 10.2. The molecule has 4 aromatic rings. The highest BCUT2D eigenvalue weighted by Crippen LogP contribution is 2.22. The zero-order chi connectivity index (χ0) is 45.8. The van der Waals surface area contributed by atoms with Gasteiger partial charge in [0.25, 0.3) is 0 Å². The molecule has 0 spiro atoms. The summed E-state index contributed by atoms with van der Waals surface area (Å²) in [6.07, 6.45) is 3.87. The van der Waals surface area contributed by atoms with E-state index in [4.69, 9.17) is 34.0 Å². The number of carbonyl (C=O) groups is 4. The number of pyridine rings is 1. The fourth-order valence-electron chi connectivity index (χ4n) is 6.20. The number of aliphatic carboxylic acids is 1. The fourth-order valence-corrected chi connectivity index (χ4v) is 6.44. The number of ketones is 2. The number of hydrogen-bond acceptors (Lipinski definition) is 8. The van der Waals surface area contributed by atoms with Crippen molar-refractivity contribution in [3.63, 3.8) is 0 Å². The van der Waals surface area contributed by atoms with Gasteiger partial charge in [0.2, 0.25) is 5.91 Å². The molecule has 0 saturated carbocycles. The Morgan fingerprint density at radius 2 is 1.21 bits per heavy atom. The Bertz CT molecular complexity index is 2020. The Kier molecular flexibility index (Phi) is 23.0. The first kappa shape index (κ1) is 52.5. The molecule has 4 rings (SSSR count). The molecule has 0 radical (unpaired) electrons. The summed E-state index contributed by atoms with van der Waals surface area (Å²) in [6, 6.07) is 20.6. The fraction of sp³-hybridized carbons (Fsp3) is 0.426. The number of carbonyl (C=O) groups excluding carboxylic acids is 3. The van der Waals surface area contributed by atoms with E-state index >= 15 is 0 Å². The lowest BCUT2D eigenvalue weighted by Gasteiger charge is -2.25. The molecule has 14 heteroatoms. The van der Waals surface area contributed by atoms with Gasteiger partial charge in [0.15, 0.2) is 11.6 Å². The van der Waals surface area contributed by atoms with Gasteiger partial charge in [-0.15, -0.1) is 0 Å². The molecular weight excluding hydrogens is 823 g/mol. The van der Waals surface area contributed by atoms with Crippen molar-refractivity contribution >= 4 is 46.6 Å². The van der Waals surface area contributed by atoms with E-state index in [2.05, 4.69) is 10.3 Å². The Morgan fingerprint density at radius 3 is 1.62 bits per heavy atom. The van der Waals surface area contributed by atoms with Crippen LogP contribution in [0, 0.1) is 11.6 Å². The molecule has 1 heterocycles. The first-order valence-electron chi connectivity index (χ1n) is 20.3. The number of nitrogens with one attached hydrogen (secondary N) is 1. The van der Waals surface area contributed by atoms with Crippen LogP contribution < -0.4 is 11.1 Å². The number of Topliss-reactive ketones (excluding diaryl/α,β-unsaturated/α-hetero) is 2. The number of amides is 1. The summed E-state index contributed by atoms with van der Waals surface area (Å²) >= 11 is 11.6. The lowest BCUT2D eigenvalue weighted by molar-refractivity contribution is -0.137. The topological polar surface area (TPSA) is 146 Å². The summed E-state index contributed by atoms with van der Waals surface area (Å²) in [6.45, 7) is 8.23. The molecule has 0 fully saturated rings. The average Bonchev–Trinajstić information content (AvgIpc) is 3.21. The van der Waals surface area contributed by atoms with E-state index in [1.165, 1.54) is 12.1 Å². The van der Waals surface area contributed by atoms with Crippen LogP contribution >= 0.6 is 23.2 Å². The molecule has 0 unspecified atom stereocenters. The van der Waals surface area contributed by atoms with Crippen LogP contribution in [0.4, 0.5) is 8.78 Å². The molecule has 0 aliphatic heterocycles. The molecule has 1 aromatic heterocycles. The van der Waals surface area contributed by atoms with Gasteiger partial charge in [-0.05, 0) is 112 Å². The summed E-state index contributed by atoms with van der Waals surface area (Å²) in [5.41, 5.74) is 9.44. The largest absolute Gasteiger partial charge is 0.481 e. The summed E-state index contributed by atoms with van der Waals surface area (Å²) in [5, 5.41) is 12.8. The third kappa shape index (κ3) is 18.5.